The molecule has 0 spiro atoms. The zero-order valence-electron chi connectivity index (χ0n) is 7.09. The molecule has 3 nitrogen and oxygen atoms in total. The Bertz CT molecular complexity index is 303. The Morgan fingerprint density at radius 3 is 2.69 bits per heavy atom. The van der Waals surface area contributed by atoms with E-state index in [-0.39, 0.29) is 6.35 Å². The van der Waals surface area contributed by atoms with E-state index in [2.05, 4.69) is 4.74 Å². The van der Waals surface area contributed by atoms with Crippen molar-refractivity contribution in [3.05, 3.63) is 0 Å². The zero-order valence-corrected chi connectivity index (χ0v) is 7.98. The van der Waals surface area contributed by atoms with Crippen LogP contribution in [-0.2, 0) is 4.74 Å². The predicted octanol–water partition coefficient (Wildman–Crippen LogP) is -2.22. The van der Waals surface area contributed by atoms with Gasteiger partial charge in [-0.3, -0.25) is 0 Å². The fourth-order valence-corrected chi connectivity index (χ4v) is 1.15. The van der Waals surface area contributed by atoms with Crippen LogP contribution in [0.4, 0.5) is 4.79 Å². The van der Waals surface area contributed by atoms with Gasteiger partial charge in [0.25, 0.3) is 0 Å². The van der Waals surface area contributed by atoms with Gasteiger partial charge in [0.1, 0.15) is 0 Å². The van der Waals surface area contributed by atoms with Gasteiger partial charge in [-0.05, 0) is 0 Å². The molecule has 11 heteroatoms. The van der Waals surface area contributed by atoms with Crippen LogP contribution in [0.3, 0.4) is 0 Å². The first-order chi connectivity index (χ1) is 6.16. The van der Waals surface area contributed by atoms with Crippen LogP contribution in [0.25, 0.3) is 0 Å². The number of ether oxygens (including phenoxy) is 1. The average Bonchev–Trinajstić information content (AvgIpc) is 2.09. The van der Waals surface area contributed by atoms with Gasteiger partial charge in [0.2, 0.25) is 0 Å². The Hall–Kier alpha value is 0.0245. The summed E-state index contributed by atoms with van der Waals surface area (Å²) in [6.07, 6.45) is -0.668. The maximum absolute atomic E-state index is 10.2. The molecule has 0 saturated heterocycles. The summed E-state index contributed by atoms with van der Waals surface area (Å²) < 4.78 is 4.50. The number of nitrogens with two attached hydrogens (primary N) is 1. The molecule has 1 unspecified atom stereocenters. The van der Waals surface area contributed by atoms with Gasteiger partial charge in [0.05, 0.1) is 0 Å². The molecule has 0 aromatic rings. The Morgan fingerprint density at radius 1 is 1.46 bits per heavy atom. The average molecular weight is 181 g/mol. The molecule has 0 heterocycles. The Labute approximate surface area is 83.0 Å². The number of primary amides is 1. The van der Waals surface area contributed by atoms with Gasteiger partial charge in [0.15, 0.2) is 0 Å². The first-order valence-electron chi connectivity index (χ1n) is 3.48. The summed E-state index contributed by atoms with van der Waals surface area (Å²) in [5, 5.41) is 0. The van der Waals surface area contributed by atoms with Gasteiger partial charge in [-0.1, -0.05) is 0 Å². The third kappa shape index (κ3) is 9.94. The molecule has 0 rings (SSSR count). The van der Waals surface area contributed by atoms with Gasteiger partial charge in [-0.25, -0.2) is 0 Å². The van der Waals surface area contributed by atoms with Crippen LogP contribution < -0.4 is 5.73 Å². The molecule has 0 aliphatic rings. The normalized spacial score (nSPS) is 9.15. The van der Waals surface area contributed by atoms with Gasteiger partial charge in [-0.15, -0.1) is 0 Å². The first-order valence-corrected chi connectivity index (χ1v) is 5.15. The molecule has 1 amide bonds. The summed E-state index contributed by atoms with van der Waals surface area (Å²) >= 11 is 0. The minimum atomic E-state index is -0.939. The van der Waals surface area contributed by atoms with E-state index in [0.29, 0.717) is 0 Å². The molecule has 0 aliphatic heterocycles. The van der Waals surface area contributed by atoms with E-state index < -0.39 is 13.2 Å². The van der Waals surface area contributed by atoms with E-state index in [0.717, 1.165) is 0 Å². The first kappa shape index (κ1) is 13.0. The van der Waals surface area contributed by atoms with Crippen molar-refractivity contribution in [3.8, 4) is 0 Å². The molecule has 0 aliphatic carbocycles. The number of rotatable bonds is 3. The summed E-state index contributed by atoms with van der Waals surface area (Å²) in [6.45, 7) is 8.27. The van der Waals surface area contributed by atoms with Crippen LogP contribution >= 0.6 is 7.12 Å². The van der Waals surface area contributed by atoms with Crippen molar-refractivity contribution in [3.63, 3.8) is 0 Å². The number of carbonyl (C=O) groups excluding carboxylic acids is 1. The van der Waals surface area contributed by atoms with E-state index in [1.54, 1.807) is 26.6 Å². The van der Waals surface area contributed by atoms with Crippen LogP contribution in [0.15, 0.2) is 0 Å². The molecular formula is C2H4B7NO2P. The third-order valence-electron chi connectivity index (χ3n) is 0.967. The second-order valence-corrected chi connectivity index (χ2v) is 3.61. The maximum atomic E-state index is 10.2. The zero-order chi connectivity index (χ0) is 10.1. The second-order valence-electron chi connectivity index (χ2n) is 2.03. The van der Waals surface area contributed by atoms with Crippen molar-refractivity contribution < 1.29 is 9.53 Å². The predicted molar refractivity (Wildman–Crippen MR) is 62.7 cm³/mol. The summed E-state index contributed by atoms with van der Waals surface area (Å²) in [6, 6.07) is 0. The Kier molecular flexibility index (Phi) is 8.63. The quantitative estimate of drug-likeness (QED) is 0.396. The second kappa shape index (κ2) is 8.62. The van der Waals surface area contributed by atoms with Crippen LogP contribution in [0, 0.1) is 0 Å². The van der Waals surface area contributed by atoms with Gasteiger partial charge >= 0.3 is 82.5 Å². The standard InChI is InChI=1S/C2H4B7NO2P/c3-5-6-7-8-9-13(4)1-12-2(10)11/h1H2,(H2,10,11). The van der Waals surface area contributed by atoms with Crippen molar-refractivity contribution in [1.29, 1.82) is 0 Å². The van der Waals surface area contributed by atoms with Gasteiger partial charge in [0, 0.05) is 0 Å². The molecule has 0 fully saturated rings. The molecule has 0 bridgehead atoms. The van der Waals surface area contributed by atoms with Crippen LogP contribution in [0.5, 0.6) is 0 Å². The topological polar surface area (TPSA) is 52.3 Å². The summed E-state index contributed by atoms with van der Waals surface area (Å²) in [4.78, 5) is 10.2. The summed E-state index contributed by atoms with van der Waals surface area (Å²) in [5.74, 6) is 0. The number of hydrogen-bond acceptors (Lipinski definition) is 2. The van der Waals surface area contributed by atoms with Crippen molar-refractivity contribution in [2.24, 2.45) is 5.73 Å². The summed E-state index contributed by atoms with van der Waals surface area (Å²) in [7, 11) is 9.72. The Morgan fingerprint density at radius 2 is 2.15 bits per heavy atom. The molecule has 13 heavy (non-hydrogen) atoms. The van der Waals surface area contributed by atoms with Crippen LogP contribution in [0.1, 0.15) is 0 Å². The van der Waals surface area contributed by atoms with Crippen molar-refractivity contribution in [2.45, 2.75) is 0 Å². The molecule has 0 aromatic carbocycles. The van der Waals surface area contributed by atoms with Crippen molar-refractivity contribution in [2.75, 3.05) is 6.35 Å². The van der Waals surface area contributed by atoms with E-state index in [4.69, 9.17) is 20.1 Å². The number of carbonyl (C=O) groups is 1. The number of amides is 1. The van der Waals surface area contributed by atoms with Crippen molar-refractivity contribution in [1.82, 2.24) is 0 Å². The Balaban J connectivity index is 3.76. The molecule has 1 atom stereocenters. The van der Waals surface area contributed by atoms with Gasteiger partial charge in [-0.2, -0.15) is 0 Å². The molecule has 0 aromatic heterocycles. The SMILES string of the molecule is [B]=BB=BB=BP(#B)COC(N)=O. The van der Waals surface area contributed by atoms with Crippen LogP contribution in [-0.4, -0.2) is 60.1 Å². The molecule has 0 saturated carbocycles. The fraction of sp³-hybridized carbons (Fsp3) is 0.500. The fourth-order valence-electron chi connectivity index (χ4n) is 0.470. The molecule has 55 valence electrons. The molecule has 1 radical (unpaired) electrons. The number of hydrogen-bond donors (Lipinski definition) is 1. The van der Waals surface area contributed by atoms with Gasteiger partial charge < -0.3 is 0 Å². The monoisotopic (exact) mass is 182 g/mol. The minimum absolute atomic E-state index is 0.140. The van der Waals surface area contributed by atoms with E-state index in [1.807, 2.05) is 0 Å². The third-order valence-corrected chi connectivity index (χ3v) is 1.95. The molecule has 2 N–H and O–H groups in total. The van der Waals surface area contributed by atoms with E-state index >= 15 is 0 Å². The van der Waals surface area contributed by atoms with E-state index in [9.17, 15) is 4.79 Å². The molecular weight excluding hydrogens is 177 g/mol. The van der Waals surface area contributed by atoms with Crippen LogP contribution in [0.2, 0.25) is 0 Å². The summed E-state index contributed by atoms with van der Waals surface area (Å²) in [5.41, 5.74) is 4.75. The van der Waals surface area contributed by atoms with E-state index in [1.165, 1.54) is 6.69 Å². The van der Waals surface area contributed by atoms with Crippen molar-refractivity contribution >= 4 is 60.9 Å².